The number of anilines is 2. The standard InChI is InChI=1S/C26H31N5O4S/c1-15-2-8-18(9-3-15)28-22(14-31(34)35)29-19-10-11-21-20(12-19)23(25(33)27-13-16-4-5-16)26(36-21)30-24(32)17-6-7-17/h2-3,8-9,14,16-17,19,28-29H,4-7,10-13H2,1H3,(H,27,33)(H,30,32). The van der Waals surface area contributed by atoms with Crippen LogP contribution >= 0.6 is 11.3 Å². The Labute approximate surface area is 213 Å². The Kier molecular flexibility index (Phi) is 6.95. The van der Waals surface area contributed by atoms with E-state index in [1.807, 2.05) is 31.2 Å². The lowest BCUT2D eigenvalue weighted by molar-refractivity contribution is -0.403. The van der Waals surface area contributed by atoms with Crippen LogP contribution in [-0.4, -0.2) is 29.3 Å². The molecule has 2 fully saturated rings. The summed E-state index contributed by atoms with van der Waals surface area (Å²) in [5.41, 5.74) is 3.34. The van der Waals surface area contributed by atoms with E-state index in [2.05, 4.69) is 21.3 Å². The van der Waals surface area contributed by atoms with Crippen molar-refractivity contribution < 1.29 is 14.5 Å². The molecule has 190 valence electrons. The number of aryl methyl sites for hydroxylation is 2. The molecule has 0 saturated heterocycles. The van der Waals surface area contributed by atoms with Gasteiger partial charge in [0.15, 0.2) is 5.82 Å². The Bertz CT molecular complexity index is 1200. The summed E-state index contributed by atoms with van der Waals surface area (Å²) in [5, 5.41) is 24.4. The van der Waals surface area contributed by atoms with E-state index in [1.54, 1.807) is 0 Å². The zero-order valence-corrected chi connectivity index (χ0v) is 21.1. The van der Waals surface area contributed by atoms with Gasteiger partial charge in [-0.2, -0.15) is 0 Å². The number of nitrogens with zero attached hydrogens (tertiary/aromatic N) is 1. The first kappa shape index (κ1) is 24.3. The van der Waals surface area contributed by atoms with Gasteiger partial charge in [0.1, 0.15) is 5.00 Å². The van der Waals surface area contributed by atoms with E-state index in [0.29, 0.717) is 35.3 Å². The van der Waals surface area contributed by atoms with Crippen molar-refractivity contribution in [2.75, 3.05) is 17.2 Å². The second-order valence-electron chi connectivity index (χ2n) is 10.0. The number of carbonyl (C=O) groups excluding carboxylic acids is 2. The first-order chi connectivity index (χ1) is 17.4. The van der Waals surface area contributed by atoms with E-state index >= 15 is 0 Å². The van der Waals surface area contributed by atoms with Crippen LogP contribution in [0.4, 0.5) is 10.7 Å². The number of amides is 2. The fraction of sp³-hybridized carbons (Fsp3) is 0.462. The molecule has 2 aromatic rings. The van der Waals surface area contributed by atoms with Gasteiger partial charge in [-0.15, -0.1) is 11.3 Å². The van der Waals surface area contributed by atoms with Crippen LogP contribution in [0, 0.1) is 28.9 Å². The van der Waals surface area contributed by atoms with Crippen molar-refractivity contribution in [3.8, 4) is 0 Å². The average molecular weight is 510 g/mol. The number of hydrogen-bond donors (Lipinski definition) is 4. The summed E-state index contributed by atoms with van der Waals surface area (Å²) in [7, 11) is 0. The number of nitro groups is 1. The van der Waals surface area contributed by atoms with Crippen LogP contribution in [0.3, 0.4) is 0 Å². The zero-order valence-electron chi connectivity index (χ0n) is 20.3. The van der Waals surface area contributed by atoms with Gasteiger partial charge >= 0.3 is 0 Å². The fourth-order valence-corrected chi connectivity index (χ4v) is 5.71. The summed E-state index contributed by atoms with van der Waals surface area (Å²) in [4.78, 5) is 37.7. The molecule has 2 amide bonds. The molecular formula is C26H31N5O4S. The normalized spacial score (nSPS) is 19.2. The molecule has 0 aliphatic heterocycles. The van der Waals surface area contributed by atoms with Crippen molar-refractivity contribution in [2.45, 2.75) is 57.9 Å². The van der Waals surface area contributed by atoms with Crippen molar-refractivity contribution in [3.63, 3.8) is 0 Å². The smallest absolute Gasteiger partial charge is 0.274 e. The highest BCUT2D eigenvalue weighted by Crippen LogP contribution is 2.40. The number of nitrogens with one attached hydrogen (secondary N) is 4. The Hall–Kier alpha value is -3.40. The molecule has 3 aliphatic rings. The van der Waals surface area contributed by atoms with Crippen molar-refractivity contribution in [1.82, 2.24) is 10.6 Å². The molecule has 1 atom stereocenters. The molecule has 9 nitrogen and oxygen atoms in total. The largest absolute Gasteiger partial charge is 0.363 e. The van der Waals surface area contributed by atoms with Crippen molar-refractivity contribution >= 4 is 33.8 Å². The molecule has 1 heterocycles. The van der Waals surface area contributed by atoms with Gasteiger partial charge in [-0.3, -0.25) is 19.7 Å². The minimum Gasteiger partial charge on any atom is -0.363 e. The summed E-state index contributed by atoms with van der Waals surface area (Å²) < 4.78 is 0. The van der Waals surface area contributed by atoms with Crippen LogP contribution in [0.2, 0.25) is 0 Å². The summed E-state index contributed by atoms with van der Waals surface area (Å²) >= 11 is 1.49. The van der Waals surface area contributed by atoms with Crippen molar-refractivity contribution in [1.29, 1.82) is 0 Å². The van der Waals surface area contributed by atoms with E-state index in [1.165, 1.54) is 11.3 Å². The molecule has 0 bridgehead atoms. The summed E-state index contributed by atoms with van der Waals surface area (Å²) in [6, 6.07) is 7.53. The SMILES string of the molecule is Cc1ccc(NC(=C[N+](=O)[O-])NC2CCc3sc(NC(=O)C4CC4)c(C(=O)NCC4CC4)c3C2)cc1. The topological polar surface area (TPSA) is 125 Å². The van der Waals surface area contributed by atoms with Gasteiger partial charge in [0.25, 0.3) is 12.1 Å². The molecule has 1 aromatic carbocycles. The maximum atomic E-state index is 13.3. The number of carbonyl (C=O) groups is 2. The lowest BCUT2D eigenvalue weighted by atomic mass is 9.91. The number of thiophene rings is 1. The quantitative estimate of drug-likeness (QED) is 0.281. The van der Waals surface area contributed by atoms with Crippen LogP contribution in [0.25, 0.3) is 0 Å². The van der Waals surface area contributed by atoms with Crippen LogP contribution in [0.1, 0.15) is 58.5 Å². The third-order valence-corrected chi connectivity index (χ3v) is 8.05. The molecule has 1 unspecified atom stereocenters. The van der Waals surface area contributed by atoms with Crippen LogP contribution in [-0.2, 0) is 17.6 Å². The van der Waals surface area contributed by atoms with E-state index in [9.17, 15) is 19.7 Å². The maximum Gasteiger partial charge on any atom is 0.274 e. The van der Waals surface area contributed by atoms with Gasteiger partial charge in [-0.1, -0.05) is 17.7 Å². The van der Waals surface area contributed by atoms with Gasteiger partial charge in [0.2, 0.25) is 5.91 Å². The molecule has 1 aromatic heterocycles. The predicted octanol–water partition coefficient (Wildman–Crippen LogP) is 4.18. The molecule has 2 saturated carbocycles. The highest BCUT2D eigenvalue weighted by Gasteiger charge is 2.34. The van der Waals surface area contributed by atoms with Gasteiger partial charge in [0, 0.05) is 29.1 Å². The van der Waals surface area contributed by atoms with Crippen molar-refractivity contribution in [3.05, 3.63) is 68.0 Å². The molecule has 36 heavy (non-hydrogen) atoms. The molecule has 5 rings (SSSR count). The number of hydrogen-bond acceptors (Lipinski definition) is 7. The van der Waals surface area contributed by atoms with E-state index in [0.717, 1.165) is 66.4 Å². The molecule has 0 spiro atoms. The Morgan fingerprint density at radius 1 is 1.11 bits per heavy atom. The lowest BCUT2D eigenvalue weighted by Crippen LogP contribution is -2.37. The summed E-state index contributed by atoms with van der Waals surface area (Å²) in [6.07, 6.45) is 7.04. The van der Waals surface area contributed by atoms with Crippen molar-refractivity contribution in [2.24, 2.45) is 11.8 Å². The second-order valence-corrected chi connectivity index (χ2v) is 11.1. The van der Waals surface area contributed by atoms with E-state index < -0.39 is 4.92 Å². The van der Waals surface area contributed by atoms with Crippen LogP contribution in [0.15, 0.2) is 36.3 Å². The lowest BCUT2D eigenvalue weighted by Gasteiger charge is -2.26. The average Bonchev–Trinajstić information content (AvgIpc) is 3.75. The second kappa shape index (κ2) is 10.3. The molecule has 10 heteroatoms. The third kappa shape index (κ3) is 6.04. The van der Waals surface area contributed by atoms with Crippen LogP contribution in [0.5, 0.6) is 0 Å². The Balaban J connectivity index is 1.35. The van der Waals surface area contributed by atoms with Gasteiger partial charge in [0.05, 0.1) is 10.5 Å². The number of benzene rings is 1. The molecule has 3 aliphatic carbocycles. The van der Waals surface area contributed by atoms with Gasteiger partial charge in [-0.25, -0.2) is 0 Å². The monoisotopic (exact) mass is 509 g/mol. The molecular weight excluding hydrogens is 478 g/mol. The van der Waals surface area contributed by atoms with Gasteiger partial charge in [-0.05, 0) is 75.5 Å². The van der Waals surface area contributed by atoms with E-state index in [-0.39, 0.29) is 23.8 Å². The molecule has 0 radical (unpaired) electrons. The number of fused-ring (bicyclic) bond motifs is 1. The minimum absolute atomic E-state index is 0.0157. The maximum absolute atomic E-state index is 13.3. The Morgan fingerprint density at radius 2 is 1.86 bits per heavy atom. The van der Waals surface area contributed by atoms with E-state index in [4.69, 9.17) is 0 Å². The fourth-order valence-electron chi connectivity index (χ4n) is 4.47. The third-order valence-electron chi connectivity index (χ3n) is 6.85. The highest BCUT2D eigenvalue weighted by atomic mass is 32.1. The zero-order chi connectivity index (χ0) is 25.2. The highest BCUT2D eigenvalue weighted by molar-refractivity contribution is 7.17. The Morgan fingerprint density at radius 3 is 2.53 bits per heavy atom. The first-order valence-corrected chi connectivity index (χ1v) is 13.4. The summed E-state index contributed by atoms with van der Waals surface area (Å²) in [6.45, 7) is 2.63. The molecule has 4 N–H and O–H groups in total. The number of rotatable bonds is 10. The van der Waals surface area contributed by atoms with Crippen LogP contribution < -0.4 is 21.3 Å². The van der Waals surface area contributed by atoms with Gasteiger partial charge < -0.3 is 21.3 Å². The summed E-state index contributed by atoms with van der Waals surface area (Å²) in [5.74, 6) is 0.728. The minimum atomic E-state index is -0.482. The predicted molar refractivity (Wildman–Crippen MR) is 140 cm³/mol. The first-order valence-electron chi connectivity index (χ1n) is 12.5.